The molecule has 2 aromatic rings. The number of piperidine rings is 1. The highest BCUT2D eigenvalue weighted by molar-refractivity contribution is 7.98. The van der Waals surface area contributed by atoms with Crippen molar-refractivity contribution in [3.63, 3.8) is 0 Å². The minimum atomic E-state index is -0.848. The third kappa shape index (κ3) is 4.19. The number of pyridine rings is 1. The minimum absolute atomic E-state index is 0.169. The molecule has 2 aromatic heterocycles. The fourth-order valence-electron chi connectivity index (χ4n) is 2.83. The van der Waals surface area contributed by atoms with Gasteiger partial charge < -0.3 is 14.5 Å². The van der Waals surface area contributed by atoms with E-state index in [1.807, 2.05) is 13.0 Å². The average molecular weight is 361 g/mol. The molecule has 3 rings (SSSR count). The van der Waals surface area contributed by atoms with E-state index in [-0.39, 0.29) is 12.5 Å². The summed E-state index contributed by atoms with van der Waals surface area (Å²) in [6.45, 7) is 2.64. The topological polar surface area (TPSA) is 96.5 Å². The normalized spacial score (nSPS) is 17.5. The van der Waals surface area contributed by atoms with Gasteiger partial charge in [0.25, 0.3) is 5.91 Å². The standard InChI is InChI=1S/C17H19N3O4S/c1-11-8-13(19-24-11)10-25-15-14(5-2-6-18-15)16(21)20-7-3-4-12(9-20)17(22)23/h2,5-6,8,12H,3-4,7,9-10H2,1H3,(H,22,23). The lowest BCUT2D eigenvalue weighted by atomic mass is 9.98. The van der Waals surface area contributed by atoms with Gasteiger partial charge in [-0.15, -0.1) is 0 Å². The molecule has 1 saturated heterocycles. The van der Waals surface area contributed by atoms with Crippen LogP contribution in [-0.4, -0.2) is 45.1 Å². The Morgan fingerprint density at radius 2 is 2.32 bits per heavy atom. The maximum atomic E-state index is 12.8. The van der Waals surface area contributed by atoms with Crippen molar-refractivity contribution in [2.45, 2.75) is 30.5 Å². The number of aliphatic carboxylic acids is 1. The number of thioether (sulfide) groups is 1. The monoisotopic (exact) mass is 361 g/mol. The molecule has 1 aliphatic rings. The summed E-state index contributed by atoms with van der Waals surface area (Å²) in [5, 5.41) is 13.8. The van der Waals surface area contributed by atoms with Gasteiger partial charge in [0.05, 0.1) is 17.2 Å². The molecule has 0 aliphatic carbocycles. The first-order valence-electron chi connectivity index (χ1n) is 8.06. The van der Waals surface area contributed by atoms with Crippen molar-refractivity contribution in [2.24, 2.45) is 5.92 Å². The molecule has 1 unspecified atom stereocenters. The van der Waals surface area contributed by atoms with Gasteiger partial charge in [-0.2, -0.15) is 0 Å². The Kier molecular flexibility index (Phi) is 5.37. The van der Waals surface area contributed by atoms with Crippen LogP contribution in [0.4, 0.5) is 0 Å². The molecule has 3 heterocycles. The summed E-state index contributed by atoms with van der Waals surface area (Å²) in [4.78, 5) is 30.0. The van der Waals surface area contributed by atoms with Crippen LogP contribution in [0.25, 0.3) is 0 Å². The molecule has 1 fully saturated rings. The SMILES string of the molecule is Cc1cc(CSc2ncccc2C(=O)N2CCCC(C(=O)O)C2)no1. The highest BCUT2D eigenvalue weighted by Gasteiger charge is 2.29. The second kappa shape index (κ2) is 7.69. The summed E-state index contributed by atoms with van der Waals surface area (Å²) in [5.41, 5.74) is 1.29. The van der Waals surface area contributed by atoms with Gasteiger partial charge in [-0.25, -0.2) is 4.98 Å². The quantitative estimate of drug-likeness (QED) is 0.818. The van der Waals surface area contributed by atoms with Crippen LogP contribution in [0.2, 0.25) is 0 Å². The van der Waals surface area contributed by atoms with Crippen LogP contribution in [0.3, 0.4) is 0 Å². The summed E-state index contributed by atoms with van der Waals surface area (Å²) < 4.78 is 5.05. The minimum Gasteiger partial charge on any atom is -0.481 e. The van der Waals surface area contributed by atoms with Gasteiger partial charge in [-0.1, -0.05) is 16.9 Å². The van der Waals surface area contributed by atoms with Gasteiger partial charge in [-0.3, -0.25) is 9.59 Å². The molecule has 1 atom stereocenters. The fourth-order valence-corrected chi connectivity index (χ4v) is 3.70. The number of aryl methyl sites for hydroxylation is 1. The zero-order valence-corrected chi connectivity index (χ0v) is 14.7. The summed E-state index contributed by atoms with van der Waals surface area (Å²) in [7, 11) is 0. The molecule has 7 nitrogen and oxygen atoms in total. The highest BCUT2D eigenvalue weighted by Crippen LogP contribution is 2.26. The Labute approximate surface area is 149 Å². The van der Waals surface area contributed by atoms with Crippen LogP contribution in [0, 0.1) is 12.8 Å². The number of carboxylic acids is 1. The predicted molar refractivity (Wildman–Crippen MR) is 91.3 cm³/mol. The van der Waals surface area contributed by atoms with Crippen molar-refractivity contribution >= 4 is 23.6 Å². The fraction of sp³-hybridized carbons (Fsp3) is 0.412. The Morgan fingerprint density at radius 3 is 3.04 bits per heavy atom. The molecule has 0 radical (unpaired) electrons. The first kappa shape index (κ1) is 17.5. The third-order valence-corrected chi connectivity index (χ3v) is 5.13. The number of hydrogen-bond donors (Lipinski definition) is 1. The van der Waals surface area contributed by atoms with Gasteiger partial charge in [0.2, 0.25) is 0 Å². The van der Waals surface area contributed by atoms with Gasteiger partial charge in [0, 0.05) is 31.1 Å². The van der Waals surface area contributed by atoms with E-state index < -0.39 is 11.9 Å². The summed E-state index contributed by atoms with van der Waals surface area (Å²) >= 11 is 1.42. The van der Waals surface area contributed by atoms with E-state index in [1.54, 1.807) is 23.2 Å². The maximum Gasteiger partial charge on any atom is 0.308 e. The Bertz CT molecular complexity index is 777. The Morgan fingerprint density at radius 1 is 1.48 bits per heavy atom. The van der Waals surface area contributed by atoms with Crippen LogP contribution in [-0.2, 0) is 10.5 Å². The highest BCUT2D eigenvalue weighted by atomic mass is 32.2. The Balaban J connectivity index is 1.73. The van der Waals surface area contributed by atoms with Crippen molar-refractivity contribution < 1.29 is 19.2 Å². The van der Waals surface area contributed by atoms with Crippen molar-refractivity contribution in [1.29, 1.82) is 0 Å². The summed E-state index contributed by atoms with van der Waals surface area (Å²) in [6, 6.07) is 5.30. The van der Waals surface area contributed by atoms with E-state index in [1.165, 1.54) is 11.8 Å². The van der Waals surface area contributed by atoms with Gasteiger partial charge >= 0.3 is 5.97 Å². The second-order valence-electron chi connectivity index (χ2n) is 6.00. The molecule has 132 valence electrons. The van der Waals surface area contributed by atoms with Gasteiger partial charge in [0.15, 0.2) is 0 Å². The summed E-state index contributed by atoms with van der Waals surface area (Å²) in [6.07, 6.45) is 2.95. The number of carbonyl (C=O) groups excluding carboxylic acids is 1. The number of amides is 1. The summed E-state index contributed by atoms with van der Waals surface area (Å²) in [5.74, 6) is -0.228. The molecular weight excluding hydrogens is 342 g/mol. The lowest BCUT2D eigenvalue weighted by molar-refractivity contribution is -0.143. The molecule has 0 saturated carbocycles. The van der Waals surface area contributed by atoms with Crippen LogP contribution in [0.5, 0.6) is 0 Å². The van der Waals surface area contributed by atoms with Crippen molar-refractivity contribution in [3.8, 4) is 0 Å². The average Bonchev–Trinajstić information content (AvgIpc) is 3.05. The molecule has 8 heteroatoms. The largest absolute Gasteiger partial charge is 0.481 e. The number of rotatable bonds is 5. The van der Waals surface area contributed by atoms with Crippen LogP contribution >= 0.6 is 11.8 Å². The number of carbonyl (C=O) groups is 2. The smallest absolute Gasteiger partial charge is 0.308 e. The first-order chi connectivity index (χ1) is 12.0. The van der Waals surface area contributed by atoms with E-state index >= 15 is 0 Å². The van der Waals surface area contributed by atoms with E-state index in [9.17, 15) is 14.7 Å². The van der Waals surface area contributed by atoms with E-state index in [4.69, 9.17) is 4.52 Å². The molecule has 1 amide bonds. The molecule has 1 N–H and O–H groups in total. The van der Waals surface area contributed by atoms with Gasteiger partial charge in [-0.05, 0) is 31.9 Å². The second-order valence-corrected chi connectivity index (χ2v) is 6.97. The molecule has 25 heavy (non-hydrogen) atoms. The zero-order valence-electron chi connectivity index (χ0n) is 13.8. The van der Waals surface area contributed by atoms with Gasteiger partial charge in [0.1, 0.15) is 10.8 Å². The number of likely N-dealkylation sites (tertiary alicyclic amines) is 1. The molecule has 0 spiro atoms. The predicted octanol–water partition coefficient (Wildman–Crippen LogP) is 2.61. The number of carboxylic acid groups (broad SMARTS) is 1. The van der Waals surface area contributed by atoms with E-state index in [2.05, 4.69) is 10.1 Å². The number of nitrogens with zero attached hydrogens (tertiary/aromatic N) is 3. The van der Waals surface area contributed by atoms with Crippen LogP contribution < -0.4 is 0 Å². The van der Waals surface area contributed by atoms with Crippen LogP contribution in [0.15, 0.2) is 33.9 Å². The Hall–Kier alpha value is -2.35. The van der Waals surface area contributed by atoms with E-state index in [0.717, 1.165) is 11.5 Å². The molecular formula is C17H19N3O4S. The molecule has 0 aromatic carbocycles. The number of aromatic nitrogens is 2. The lowest BCUT2D eigenvalue weighted by Gasteiger charge is -2.31. The molecule has 0 bridgehead atoms. The first-order valence-corrected chi connectivity index (χ1v) is 9.05. The third-order valence-electron chi connectivity index (χ3n) is 4.09. The zero-order chi connectivity index (χ0) is 17.8. The number of hydrogen-bond acceptors (Lipinski definition) is 6. The van der Waals surface area contributed by atoms with Crippen molar-refractivity contribution in [2.75, 3.05) is 13.1 Å². The molecule has 1 aliphatic heterocycles. The van der Waals surface area contributed by atoms with E-state index in [0.29, 0.717) is 35.7 Å². The lowest BCUT2D eigenvalue weighted by Crippen LogP contribution is -2.42. The van der Waals surface area contributed by atoms with Crippen molar-refractivity contribution in [3.05, 3.63) is 41.4 Å². The van der Waals surface area contributed by atoms with Crippen LogP contribution in [0.1, 0.15) is 34.7 Å². The van der Waals surface area contributed by atoms with Crippen molar-refractivity contribution in [1.82, 2.24) is 15.0 Å². The maximum absolute atomic E-state index is 12.8.